The van der Waals surface area contributed by atoms with Gasteiger partial charge in [0.15, 0.2) is 0 Å². The van der Waals surface area contributed by atoms with E-state index in [-0.39, 0.29) is 12.1 Å². The molecule has 0 radical (unpaired) electrons. The second-order valence-electron chi connectivity index (χ2n) is 3.10. The van der Waals surface area contributed by atoms with Crippen molar-refractivity contribution in [3.63, 3.8) is 0 Å². The molecule has 0 heterocycles. The summed E-state index contributed by atoms with van der Waals surface area (Å²) in [5.41, 5.74) is 0. The third kappa shape index (κ3) is 8.35. The lowest BCUT2D eigenvalue weighted by Crippen LogP contribution is -2.38. The SMILES string of the molecule is CO[Si](O)(O)CCCNCC(C)O. The Morgan fingerprint density at radius 3 is 2.54 bits per heavy atom. The van der Waals surface area contributed by atoms with E-state index in [9.17, 15) is 0 Å². The van der Waals surface area contributed by atoms with E-state index in [2.05, 4.69) is 9.74 Å². The van der Waals surface area contributed by atoms with Crippen LogP contribution < -0.4 is 5.32 Å². The predicted molar refractivity (Wildman–Crippen MR) is 51.2 cm³/mol. The molecule has 0 aromatic heterocycles. The molecule has 0 saturated heterocycles. The highest BCUT2D eigenvalue weighted by Crippen LogP contribution is 2.04. The number of hydrogen-bond acceptors (Lipinski definition) is 5. The summed E-state index contributed by atoms with van der Waals surface area (Å²) >= 11 is 0. The number of hydrogen-bond donors (Lipinski definition) is 4. The van der Waals surface area contributed by atoms with E-state index < -0.39 is 8.80 Å². The molecule has 5 nitrogen and oxygen atoms in total. The van der Waals surface area contributed by atoms with Gasteiger partial charge in [-0.2, -0.15) is 0 Å². The highest BCUT2D eigenvalue weighted by atomic mass is 28.4. The van der Waals surface area contributed by atoms with E-state index in [1.807, 2.05) is 0 Å². The number of rotatable bonds is 7. The summed E-state index contributed by atoms with van der Waals surface area (Å²) in [6.07, 6.45) is 0.271. The fourth-order valence-corrected chi connectivity index (χ4v) is 1.70. The van der Waals surface area contributed by atoms with Crippen molar-refractivity contribution in [3.05, 3.63) is 0 Å². The van der Waals surface area contributed by atoms with Crippen LogP contribution in [0.1, 0.15) is 13.3 Å². The van der Waals surface area contributed by atoms with Gasteiger partial charge in [-0.1, -0.05) is 0 Å². The quantitative estimate of drug-likeness (QED) is 0.317. The van der Waals surface area contributed by atoms with Gasteiger partial charge in [-0.25, -0.2) is 0 Å². The Morgan fingerprint density at radius 2 is 2.08 bits per heavy atom. The van der Waals surface area contributed by atoms with Crippen molar-refractivity contribution in [3.8, 4) is 0 Å². The summed E-state index contributed by atoms with van der Waals surface area (Å²) < 4.78 is 4.54. The number of aliphatic hydroxyl groups excluding tert-OH is 1. The first-order valence-electron chi connectivity index (χ1n) is 4.36. The fraction of sp³-hybridized carbons (Fsp3) is 1.00. The van der Waals surface area contributed by atoms with Crippen LogP contribution in [0.25, 0.3) is 0 Å². The smallest absolute Gasteiger partial charge is 0.392 e. The van der Waals surface area contributed by atoms with Crippen LogP contribution in [-0.2, 0) is 4.43 Å². The topological polar surface area (TPSA) is 82.0 Å². The minimum absolute atomic E-state index is 0.288. The lowest BCUT2D eigenvalue weighted by atomic mass is 10.4. The van der Waals surface area contributed by atoms with Crippen molar-refractivity contribution in [1.29, 1.82) is 0 Å². The molecule has 0 saturated carbocycles. The first-order chi connectivity index (χ1) is 5.98. The molecule has 80 valence electrons. The van der Waals surface area contributed by atoms with E-state index in [4.69, 9.17) is 14.7 Å². The minimum atomic E-state index is -3.36. The number of aliphatic hydroxyl groups is 1. The average Bonchev–Trinajstić information content (AvgIpc) is 2.03. The van der Waals surface area contributed by atoms with Gasteiger partial charge in [0, 0.05) is 19.7 Å². The van der Waals surface area contributed by atoms with Crippen LogP contribution in [-0.4, -0.2) is 49.8 Å². The van der Waals surface area contributed by atoms with Gasteiger partial charge >= 0.3 is 8.80 Å². The van der Waals surface area contributed by atoms with Gasteiger partial charge in [-0.15, -0.1) is 0 Å². The molecule has 0 aromatic carbocycles. The molecule has 0 aromatic rings. The van der Waals surface area contributed by atoms with Crippen LogP contribution >= 0.6 is 0 Å². The molecule has 0 bridgehead atoms. The zero-order valence-electron chi connectivity index (χ0n) is 8.16. The van der Waals surface area contributed by atoms with Crippen molar-refractivity contribution in [2.75, 3.05) is 20.2 Å². The zero-order valence-corrected chi connectivity index (χ0v) is 9.16. The van der Waals surface area contributed by atoms with E-state index in [1.165, 1.54) is 7.11 Å². The van der Waals surface area contributed by atoms with Crippen molar-refractivity contribution in [1.82, 2.24) is 5.32 Å². The molecule has 0 aliphatic heterocycles. The summed E-state index contributed by atoms with van der Waals surface area (Å²) in [7, 11) is -2.06. The maximum Gasteiger partial charge on any atom is 0.495 e. The second kappa shape index (κ2) is 6.47. The van der Waals surface area contributed by atoms with Crippen molar-refractivity contribution in [2.24, 2.45) is 0 Å². The van der Waals surface area contributed by atoms with Crippen LogP contribution in [0.5, 0.6) is 0 Å². The van der Waals surface area contributed by atoms with E-state index in [0.29, 0.717) is 19.5 Å². The minimum Gasteiger partial charge on any atom is -0.392 e. The second-order valence-corrected chi connectivity index (χ2v) is 5.50. The van der Waals surface area contributed by atoms with Gasteiger partial charge < -0.3 is 24.4 Å². The molecule has 0 aliphatic rings. The molecule has 0 rings (SSSR count). The maximum atomic E-state index is 9.13. The summed E-state index contributed by atoms with van der Waals surface area (Å²) in [5.74, 6) is 0. The summed E-state index contributed by atoms with van der Waals surface area (Å²) in [5, 5.41) is 11.9. The first kappa shape index (κ1) is 13.0. The third-order valence-electron chi connectivity index (χ3n) is 1.62. The summed E-state index contributed by atoms with van der Waals surface area (Å²) in [6, 6.07) is 0.288. The fourth-order valence-electron chi connectivity index (χ4n) is 0.857. The molecular formula is C7H19NO4Si. The average molecular weight is 209 g/mol. The molecule has 0 amide bonds. The molecule has 0 spiro atoms. The Kier molecular flexibility index (Phi) is 6.48. The summed E-state index contributed by atoms with van der Waals surface area (Å²) in [4.78, 5) is 18.3. The van der Waals surface area contributed by atoms with Crippen LogP contribution in [0.15, 0.2) is 0 Å². The van der Waals surface area contributed by atoms with Gasteiger partial charge in [-0.3, -0.25) is 0 Å². The van der Waals surface area contributed by atoms with Crippen molar-refractivity contribution in [2.45, 2.75) is 25.5 Å². The third-order valence-corrected chi connectivity index (χ3v) is 3.28. The Morgan fingerprint density at radius 1 is 1.46 bits per heavy atom. The monoisotopic (exact) mass is 209 g/mol. The molecule has 1 atom stereocenters. The van der Waals surface area contributed by atoms with Gasteiger partial charge in [0.1, 0.15) is 0 Å². The molecule has 6 heteroatoms. The zero-order chi connectivity index (χ0) is 10.3. The maximum absolute atomic E-state index is 9.13. The van der Waals surface area contributed by atoms with Gasteiger partial charge in [0.2, 0.25) is 0 Å². The summed E-state index contributed by atoms with van der Waals surface area (Å²) in [6.45, 7) is 2.88. The van der Waals surface area contributed by atoms with Crippen LogP contribution in [0.3, 0.4) is 0 Å². The largest absolute Gasteiger partial charge is 0.495 e. The Labute approximate surface area is 79.7 Å². The van der Waals surface area contributed by atoms with Crippen LogP contribution in [0, 0.1) is 0 Å². The van der Waals surface area contributed by atoms with Crippen molar-refractivity contribution >= 4 is 8.80 Å². The van der Waals surface area contributed by atoms with Gasteiger partial charge in [-0.05, 0) is 19.9 Å². The predicted octanol–water partition coefficient (Wildman–Crippen LogP) is -1.08. The normalized spacial score (nSPS) is 14.5. The van der Waals surface area contributed by atoms with E-state index in [0.717, 1.165) is 0 Å². The Bertz CT molecular complexity index is 132. The van der Waals surface area contributed by atoms with E-state index >= 15 is 0 Å². The van der Waals surface area contributed by atoms with Crippen LogP contribution in [0.2, 0.25) is 6.04 Å². The van der Waals surface area contributed by atoms with E-state index in [1.54, 1.807) is 6.92 Å². The lowest BCUT2D eigenvalue weighted by Gasteiger charge is -2.14. The highest BCUT2D eigenvalue weighted by molar-refractivity contribution is 6.57. The highest BCUT2D eigenvalue weighted by Gasteiger charge is 2.29. The molecular weight excluding hydrogens is 190 g/mol. The van der Waals surface area contributed by atoms with Gasteiger partial charge in [0.25, 0.3) is 0 Å². The molecule has 1 unspecified atom stereocenters. The molecule has 0 aliphatic carbocycles. The molecule has 4 N–H and O–H groups in total. The lowest BCUT2D eigenvalue weighted by molar-refractivity contribution is 0.181. The number of nitrogens with one attached hydrogen (secondary N) is 1. The van der Waals surface area contributed by atoms with Crippen molar-refractivity contribution < 1.29 is 19.1 Å². The van der Waals surface area contributed by atoms with Gasteiger partial charge in [0.05, 0.1) is 6.10 Å². The standard InChI is InChI=1S/C7H19NO4Si/c1-7(9)6-8-4-3-5-13(10,11)12-2/h7-11H,3-6H2,1-2H3. The Balaban J connectivity index is 3.26. The molecule has 0 fully saturated rings. The molecule has 13 heavy (non-hydrogen) atoms. The Hall–Kier alpha value is 0.0169. The first-order valence-corrected chi connectivity index (χ1v) is 6.37. The van der Waals surface area contributed by atoms with Crippen LogP contribution in [0.4, 0.5) is 0 Å².